The van der Waals surface area contributed by atoms with Gasteiger partial charge in [-0.1, -0.05) is 39.7 Å². The fourth-order valence-corrected chi connectivity index (χ4v) is 2.75. The van der Waals surface area contributed by atoms with Crippen molar-refractivity contribution in [3.63, 3.8) is 0 Å². The van der Waals surface area contributed by atoms with Crippen molar-refractivity contribution < 1.29 is 14.3 Å². The maximum atomic E-state index is 12.2. The maximum Gasteiger partial charge on any atom is 0.338 e. The fourth-order valence-electron chi connectivity index (χ4n) is 2.11. The topological polar surface area (TPSA) is 67.4 Å². The number of benzene rings is 1. The number of hydrogen-bond acceptors (Lipinski definition) is 3. The molecule has 21 heavy (non-hydrogen) atoms. The summed E-state index contributed by atoms with van der Waals surface area (Å²) in [6.07, 6.45) is 0. The van der Waals surface area contributed by atoms with Crippen LogP contribution in [0.4, 0.5) is 4.79 Å². The Kier molecular flexibility index (Phi) is 5.25. The fraction of sp³-hybridized carbons (Fsp3) is 0.286. The zero-order valence-electron chi connectivity index (χ0n) is 11.3. The van der Waals surface area contributed by atoms with Crippen LogP contribution in [-0.2, 0) is 9.53 Å². The van der Waals surface area contributed by atoms with Gasteiger partial charge in [-0.2, -0.15) is 0 Å². The number of alkyl halides is 1. The number of carbonyl (C=O) groups excluding carboxylic acids is 2. The van der Waals surface area contributed by atoms with Crippen molar-refractivity contribution in [3.05, 3.63) is 46.1 Å². The number of allylic oxidation sites excluding steroid dienone is 1. The molecule has 1 atom stereocenters. The first-order chi connectivity index (χ1) is 10.1. The van der Waals surface area contributed by atoms with Crippen molar-refractivity contribution in [2.75, 3.05) is 11.9 Å². The zero-order chi connectivity index (χ0) is 15.4. The third kappa shape index (κ3) is 3.57. The number of rotatable bonds is 4. The van der Waals surface area contributed by atoms with E-state index in [4.69, 9.17) is 16.3 Å². The molecule has 1 heterocycles. The number of esters is 1. The molecular formula is C14H14BrClN2O3. The van der Waals surface area contributed by atoms with Crippen LogP contribution in [0.2, 0.25) is 5.02 Å². The highest BCUT2D eigenvalue weighted by molar-refractivity contribution is 9.09. The molecule has 0 aromatic heterocycles. The van der Waals surface area contributed by atoms with Crippen LogP contribution in [-0.4, -0.2) is 23.9 Å². The normalized spacial score (nSPS) is 18.0. The Morgan fingerprint density at radius 3 is 2.86 bits per heavy atom. The van der Waals surface area contributed by atoms with Crippen LogP contribution in [0.15, 0.2) is 35.5 Å². The Labute approximate surface area is 135 Å². The molecule has 0 saturated heterocycles. The first-order valence-electron chi connectivity index (χ1n) is 6.36. The van der Waals surface area contributed by atoms with Crippen molar-refractivity contribution in [1.82, 2.24) is 10.6 Å². The van der Waals surface area contributed by atoms with E-state index in [1.165, 1.54) is 0 Å². The number of nitrogens with one attached hydrogen (secondary N) is 2. The van der Waals surface area contributed by atoms with E-state index in [1.807, 2.05) is 0 Å². The second-order valence-electron chi connectivity index (χ2n) is 4.33. The Morgan fingerprint density at radius 1 is 1.48 bits per heavy atom. The second kappa shape index (κ2) is 6.95. The third-order valence-electron chi connectivity index (χ3n) is 2.96. The van der Waals surface area contributed by atoms with E-state index in [9.17, 15) is 9.59 Å². The van der Waals surface area contributed by atoms with Gasteiger partial charge in [0.25, 0.3) is 0 Å². The van der Waals surface area contributed by atoms with E-state index in [2.05, 4.69) is 26.6 Å². The predicted molar refractivity (Wildman–Crippen MR) is 83.3 cm³/mol. The summed E-state index contributed by atoms with van der Waals surface area (Å²) in [5.41, 5.74) is 1.58. The zero-order valence-corrected chi connectivity index (χ0v) is 13.6. The predicted octanol–water partition coefficient (Wildman–Crippen LogP) is 2.91. The van der Waals surface area contributed by atoms with Gasteiger partial charge in [-0.3, -0.25) is 0 Å². The van der Waals surface area contributed by atoms with Crippen LogP contribution >= 0.6 is 27.5 Å². The highest BCUT2D eigenvalue weighted by Gasteiger charge is 2.33. The molecule has 1 aliphatic heterocycles. The number of hydrogen-bond donors (Lipinski definition) is 2. The Bertz CT molecular complexity index is 604. The highest BCUT2D eigenvalue weighted by Crippen LogP contribution is 2.29. The average Bonchev–Trinajstić information content (AvgIpc) is 2.46. The number of urea groups is 1. The Hall–Kier alpha value is -1.53. The van der Waals surface area contributed by atoms with Crippen molar-refractivity contribution in [2.24, 2.45) is 0 Å². The summed E-state index contributed by atoms with van der Waals surface area (Å²) in [6.45, 7) is 1.99. The van der Waals surface area contributed by atoms with Crippen molar-refractivity contribution in [3.8, 4) is 0 Å². The molecule has 0 fully saturated rings. The van der Waals surface area contributed by atoms with Gasteiger partial charge in [0.2, 0.25) is 0 Å². The Morgan fingerprint density at radius 2 is 2.24 bits per heavy atom. The molecule has 7 heteroatoms. The van der Waals surface area contributed by atoms with Crippen LogP contribution < -0.4 is 10.6 Å². The molecule has 0 saturated carbocycles. The van der Waals surface area contributed by atoms with Gasteiger partial charge in [-0.25, -0.2) is 9.59 Å². The molecule has 0 bridgehead atoms. The number of ether oxygens (including phenoxy) is 1. The molecule has 0 spiro atoms. The number of carbonyl (C=O) groups is 2. The molecule has 0 radical (unpaired) electrons. The van der Waals surface area contributed by atoms with E-state index in [0.717, 1.165) is 5.56 Å². The van der Waals surface area contributed by atoms with Crippen LogP contribution in [0.25, 0.3) is 0 Å². The van der Waals surface area contributed by atoms with Gasteiger partial charge in [0.15, 0.2) is 0 Å². The molecule has 112 valence electrons. The van der Waals surface area contributed by atoms with Gasteiger partial charge in [-0.05, 0) is 24.6 Å². The Balaban J connectivity index is 2.49. The number of amides is 2. The summed E-state index contributed by atoms with van der Waals surface area (Å²) in [5, 5.41) is 6.21. The lowest BCUT2D eigenvalue weighted by atomic mass is 9.95. The average molecular weight is 374 g/mol. The summed E-state index contributed by atoms with van der Waals surface area (Å²) in [6, 6.07) is 6.04. The summed E-state index contributed by atoms with van der Waals surface area (Å²) >= 11 is 9.27. The molecule has 2 N–H and O–H groups in total. The van der Waals surface area contributed by atoms with Gasteiger partial charge in [0, 0.05) is 16.0 Å². The van der Waals surface area contributed by atoms with E-state index in [0.29, 0.717) is 21.6 Å². The quantitative estimate of drug-likeness (QED) is 0.630. The highest BCUT2D eigenvalue weighted by atomic mass is 79.9. The summed E-state index contributed by atoms with van der Waals surface area (Å²) in [5.74, 6) is -0.468. The lowest BCUT2D eigenvalue weighted by Gasteiger charge is -2.28. The van der Waals surface area contributed by atoms with Crippen LogP contribution in [0.3, 0.4) is 0 Å². The lowest BCUT2D eigenvalue weighted by molar-refractivity contribution is -0.139. The van der Waals surface area contributed by atoms with Crippen molar-refractivity contribution in [2.45, 2.75) is 13.0 Å². The summed E-state index contributed by atoms with van der Waals surface area (Å²) in [7, 11) is 0. The molecule has 1 aliphatic rings. The first-order valence-corrected chi connectivity index (χ1v) is 7.85. The van der Waals surface area contributed by atoms with Crippen LogP contribution in [0.5, 0.6) is 0 Å². The minimum atomic E-state index is -0.593. The van der Waals surface area contributed by atoms with E-state index in [1.54, 1.807) is 31.2 Å². The van der Waals surface area contributed by atoms with Crippen LogP contribution in [0, 0.1) is 0 Å². The molecule has 0 aliphatic carbocycles. The molecule has 1 aromatic rings. The summed E-state index contributed by atoms with van der Waals surface area (Å²) in [4.78, 5) is 24.0. The molecule has 2 amide bonds. The lowest BCUT2D eigenvalue weighted by Crippen LogP contribution is -2.46. The standard InChI is InChI=1S/C14H14BrClN2O3/c1-2-21-13(19)11-10(7-15)17-14(20)18-12(11)8-4-3-5-9(16)6-8/h3-6,12H,2,7H2,1H3,(H2,17,18,20). The largest absolute Gasteiger partial charge is 0.463 e. The van der Waals surface area contributed by atoms with Gasteiger partial charge >= 0.3 is 12.0 Å². The number of halogens is 2. The monoisotopic (exact) mass is 372 g/mol. The molecule has 1 unspecified atom stereocenters. The van der Waals surface area contributed by atoms with Gasteiger partial charge < -0.3 is 15.4 Å². The molecule has 2 rings (SSSR count). The second-order valence-corrected chi connectivity index (χ2v) is 5.33. The SMILES string of the molecule is CCOC(=O)C1=C(CBr)NC(=O)NC1c1cccc(Cl)c1. The molecule has 5 nitrogen and oxygen atoms in total. The van der Waals surface area contributed by atoms with E-state index < -0.39 is 12.0 Å². The van der Waals surface area contributed by atoms with Crippen molar-refractivity contribution >= 4 is 39.5 Å². The molecule has 1 aromatic carbocycles. The van der Waals surface area contributed by atoms with Crippen molar-refractivity contribution in [1.29, 1.82) is 0 Å². The van der Waals surface area contributed by atoms with Crippen LogP contribution in [0.1, 0.15) is 18.5 Å². The van der Waals surface area contributed by atoms with E-state index in [-0.39, 0.29) is 12.6 Å². The maximum absolute atomic E-state index is 12.2. The van der Waals surface area contributed by atoms with Gasteiger partial charge in [0.05, 0.1) is 18.2 Å². The summed E-state index contributed by atoms with van der Waals surface area (Å²) < 4.78 is 5.09. The first kappa shape index (κ1) is 15.9. The van der Waals surface area contributed by atoms with Gasteiger partial charge in [0.1, 0.15) is 0 Å². The smallest absolute Gasteiger partial charge is 0.338 e. The molecular weight excluding hydrogens is 360 g/mol. The minimum absolute atomic E-state index is 0.258. The van der Waals surface area contributed by atoms with Gasteiger partial charge in [-0.15, -0.1) is 0 Å². The third-order valence-corrected chi connectivity index (χ3v) is 3.76. The van der Waals surface area contributed by atoms with E-state index >= 15 is 0 Å². The minimum Gasteiger partial charge on any atom is -0.463 e.